The Kier molecular flexibility index (Phi) is 4.42. The van der Waals surface area contributed by atoms with Crippen LogP contribution in [0.1, 0.15) is 11.3 Å². The average Bonchev–Trinajstić information content (AvgIpc) is 3.14. The van der Waals surface area contributed by atoms with Gasteiger partial charge in [-0.2, -0.15) is 10.4 Å². The normalized spacial score (nSPS) is 14.3. The molecule has 1 saturated heterocycles. The van der Waals surface area contributed by atoms with E-state index < -0.39 is 5.82 Å². The fourth-order valence-corrected chi connectivity index (χ4v) is 3.14. The van der Waals surface area contributed by atoms with E-state index in [0.29, 0.717) is 5.82 Å². The number of hydrogen-bond donors (Lipinski definition) is 0. The van der Waals surface area contributed by atoms with Crippen molar-refractivity contribution in [1.82, 2.24) is 20.0 Å². The zero-order valence-corrected chi connectivity index (χ0v) is 14.9. The Balaban J connectivity index is 1.42. The largest absolute Gasteiger partial charge is 0.368 e. The minimum absolute atomic E-state index is 0.0696. The monoisotopic (exact) mass is 363 g/mol. The van der Waals surface area contributed by atoms with Crippen LogP contribution < -0.4 is 9.80 Å². The van der Waals surface area contributed by atoms with Crippen molar-refractivity contribution < 1.29 is 4.39 Å². The maximum Gasteiger partial charge on any atom is 0.175 e. The van der Waals surface area contributed by atoms with Crippen molar-refractivity contribution in [3.8, 4) is 11.9 Å². The smallest absolute Gasteiger partial charge is 0.175 e. The molecule has 0 radical (unpaired) electrons. The van der Waals surface area contributed by atoms with Gasteiger partial charge in [-0.25, -0.2) is 9.07 Å². The highest BCUT2D eigenvalue weighted by Gasteiger charge is 2.19. The summed E-state index contributed by atoms with van der Waals surface area (Å²) in [5, 5.41) is 21.8. The molecule has 0 unspecified atom stereocenters. The Bertz CT molecular complexity index is 982. The van der Waals surface area contributed by atoms with Gasteiger partial charge in [0.25, 0.3) is 0 Å². The van der Waals surface area contributed by atoms with Crippen molar-refractivity contribution in [1.29, 1.82) is 5.26 Å². The number of nitrogens with zero attached hydrogens (tertiary/aromatic N) is 7. The summed E-state index contributed by atoms with van der Waals surface area (Å²) in [4.78, 5) is 4.26. The first-order chi connectivity index (χ1) is 13.1. The highest BCUT2D eigenvalue weighted by molar-refractivity contribution is 5.52. The number of halogens is 1. The number of anilines is 2. The number of rotatable bonds is 3. The van der Waals surface area contributed by atoms with E-state index in [1.807, 2.05) is 37.4 Å². The Labute approximate surface area is 156 Å². The SMILES string of the molecule is Cc1ccn(-c2ccc(N3CCN(c4ccc(C#N)c(F)c4)CC3)nn2)n1. The van der Waals surface area contributed by atoms with E-state index in [4.69, 9.17) is 5.26 Å². The molecule has 27 heavy (non-hydrogen) atoms. The second-order valence-corrected chi connectivity index (χ2v) is 6.40. The van der Waals surface area contributed by atoms with Crippen molar-refractivity contribution in [2.24, 2.45) is 0 Å². The quantitative estimate of drug-likeness (QED) is 0.711. The third-order valence-corrected chi connectivity index (χ3v) is 4.64. The van der Waals surface area contributed by atoms with Crippen LogP contribution in [0.2, 0.25) is 0 Å². The lowest BCUT2D eigenvalue weighted by Gasteiger charge is -2.36. The van der Waals surface area contributed by atoms with Gasteiger partial charge in [0, 0.05) is 38.1 Å². The second-order valence-electron chi connectivity index (χ2n) is 6.40. The van der Waals surface area contributed by atoms with E-state index in [0.717, 1.165) is 43.4 Å². The Morgan fingerprint density at radius 2 is 1.67 bits per heavy atom. The van der Waals surface area contributed by atoms with Crippen LogP contribution in [0.5, 0.6) is 0 Å². The number of aryl methyl sites for hydroxylation is 1. The molecular weight excluding hydrogens is 345 g/mol. The third kappa shape index (κ3) is 3.44. The first kappa shape index (κ1) is 17.0. The van der Waals surface area contributed by atoms with Crippen molar-refractivity contribution in [3.05, 3.63) is 59.7 Å². The molecule has 0 saturated carbocycles. The van der Waals surface area contributed by atoms with Gasteiger partial charge in [0.15, 0.2) is 11.6 Å². The summed E-state index contributed by atoms with van der Waals surface area (Å²) in [6.07, 6.45) is 1.86. The Hall–Kier alpha value is -3.47. The minimum atomic E-state index is -0.479. The summed E-state index contributed by atoms with van der Waals surface area (Å²) < 4.78 is 15.5. The molecule has 4 rings (SSSR count). The summed E-state index contributed by atoms with van der Waals surface area (Å²) in [5.41, 5.74) is 1.79. The first-order valence-electron chi connectivity index (χ1n) is 8.70. The summed E-state index contributed by atoms with van der Waals surface area (Å²) in [6, 6.07) is 12.3. The molecule has 136 valence electrons. The van der Waals surface area contributed by atoms with Crippen molar-refractivity contribution in [3.63, 3.8) is 0 Å². The van der Waals surface area contributed by atoms with Gasteiger partial charge in [-0.05, 0) is 43.3 Å². The predicted molar refractivity (Wildman–Crippen MR) is 99.4 cm³/mol. The van der Waals surface area contributed by atoms with Gasteiger partial charge in [0.05, 0.1) is 11.3 Å². The van der Waals surface area contributed by atoms with E-state index in [-0.39, 0.29) is 5.56 Å². The van der Waals surface area contributed by atoms with E-state index in [1.165, 1.54) is 12.1 Å². The topological polar surface area (TPSA) is 73.9 Å². The lowest BCUT2D eigenvalue weighted by Crippen LogP contribution is -2.47. The second kappa shape index (κ2) is 7.03. The molecule has 1 aliphatic rings. The van der Waals surface area contributed by atoms with Crippen LogP contribution in [0.15, 0.2) is 42.6 Å². The molecule has 0 amide bonds. The highest BCUT2D eigenvalue weighted by atomic mass is 19.1. The molecule has 2 aromatic heterocycles. The molecule has 0 aliphatic carbocycles. The molecule has 1 aromatic carbocycles. The summed E-state index contributed by atoms with van der Waals surface area (Å²) in [7, 11) is 0. The van der Waals surface area contributed by atoms with E-state index >= 15 is 0 Å². The van der Waals surface area contributed by atoms with Gasteiger partial charge < -0.3 is 9.80 Å². The standard InChI is InChI=1S/C19H18FN7/c1-14-6-7-27(24-14)19-5-4-18(22-23-19)26-10-8-25(9-11-26)16-3-2-15(13-21)17(20)12-16/h2-7,12H,8-11H2,1H3. The van der Waals surface area contributed by atoms with Crippen LogP contribution in [-0.2, 0) is 0 Å². The highest BCUT2D eigenvalue weighted by Crippen LogP contribution is 2.21. The Morgan fingerprint density at radius 1 is 0.963 bits per heavy atom. The maximum atomic E-state index is 13.8. The van der Waals surface area contributed by atoms with E-state index in [9.17, 15) is 4.39 Å². The summed E-state index contributed by atoms with van der Waals surface area (Å²) in [6.45, 7) is 4.94. The number of benzene rings is 1. The molecule has 1 fully saturated rings. The molecule has 3 heterocycles. The van der Waals surface area contributed by atoms with Crippen molar-refractivity contribution in [2.45, 2.75) is 6.92 Å². The van der Waals surface area contributed by atoms with Gasteiger partial charge in [0.2, 0.25) is 0 Å². The lowest BCUT2D eigenvalue weighted by atomic mass is 10.2. The fraction of sp³-hybridized carbons (Fsp3) is 0.263. The number of nitriles is 1. The van der Waals surface area contributed by atoms with Crippen LogP contribution >= 0.6 is 0 Å². The lowest BCUT2D eigenvalue weighted by molar-refractivity contribution is 0.615. The van der Waals surface area contributed by atoms with E-state index in [2.05, 4.69) is 25.1 Å². The predicted octanol–water partition coefficient (Wildman–Crippen LogP) is 2.31. The van der Waals surface area contributed by atoms with Crippen LogP contribution in [0.4, 0.5) is 15.9 Å². The van der Waals surface area contributed by atoms with Crippen LogP contribution in [0.25, 0.3) is 5.82 Å². The molecule has 1 aliphatic heterocycles. The number of aromatic nitrogens is 4. The van der Waals surface area contributed by atoms with Gasteiger partial charge >= 0.3 is 0 Å². The number of hydrogen-bond acceptors (Lipinski definition) is 6. The third-order valence-electron chi connectivity index (χ3n) is 4.64. The molecule has 8 heteroatoms. The molecule has 0 atom stereocenters. The van der Waals surface area contributed by atoms with E-state index in [1.54, 1.807) is 10.7 Å². The van der Waals surface area contributed by atoms with Crippen LogP contribution in [0, 0.1) is 24.1 Å². The molecular formula is C19H18FN7. The first-order valence-corrected chi connectivity index (χ1v) is 8.70. The average molecular weight is 363 g/mol. The van der Waals surface area contributed by atoms with Crippen LogP contribution in [-0.4, -0.2) is 46.2 Å². The van der Waals surface area contributed by atoms with Gasteiger partial charge in [0.1, 0.15) is 11.9 Å². The fourth-order valence-electron chi connectivity index (χ4n) is 3.14. The molecule has 7 nitrogen and oxygen atoms in total. The summed E-state index contributed by atoms with van der Waals surface area (Å²) in [5.74, 6) is 1.01. The maximum absolute atomic E-state index is 13.8. The zero-order chi connectivity index (χ0) is 18.8. The zero-order valence-electron chi connectivity index (χ0n) is 14.9. The van der Waals surface area contributed by atoms with Crippen LogP contribution in [0.3, 0.4) is 0 Å². The minimum Gasteiger partial charge on any atom is -0.368 e. The van der Waals surface area contributed by atoms with Gasteiger partial charge in [-0.1, -0.05) is 0 Å². The van der Waals surface area contributed by atoms with Crippen molar-refractivity contribution >= 4 is 11.5 Å². The van der Waals surface area contributed by atoms with Gasteiger partial charge in [-0.15, -0.1) is 10.2 Å². The molecule has 0 bridgehead atoms. The Morgan fingerprint density at radius 3 is 2.26 bits per heavy atom. The summed E-state index contributed by atoms with van der Waals surface area (Å²) >= 11 is 0. The molecule has 0 N–H and O–H groups in total. The molecule has 0 spiro atoms. The molecule has 3 aromatic rings. The van der Waals surface area contributed by atoms with Gasteiger partial charge in [-0.3, -0.25) is 0 Å². The van der Waals surface area contributed by atoms with Crippen molar-refractivity contribution in [2.75, 3.05) is 36.0 Å². The number of piperazine rings is 1.